The Labute approximate surface area is 107 Å². The van der Waals surface area contributed by atoms with Crippen molar-refractivity contribution >= 4 is 11.7 Å². The first kappa shape index (κ1) is 14.4. The maximum atomic E-state index is 11.5. The number of likely N-dealkylation sites (N-methyl/N-ethyl adjacent to an activating group) is 1. The first-order chi connectivity index (χ1) is 8.61. The van der Waals surface area contributed by atoms with Gasteiger partial charge in [0.05, 0.1) is 13.2 Å². The summed E-state index contributed by atoms with van der Waals surface area (Å²) in [6.07, 6.45) is 1.72. The molecular formula is C12H20N4O2. The van der Waals surface area contributed by atoms with Crippen LogP contribution in [0.2, 0.25) is 0 Å². The Kier molecular flexibility index (Phi) is 6.10. The zero-order valence-electron chi connectivity index (χ0n) is 10.8. The van der Waals surface area contributed by atoms with Crippen LogP contribution in [0.15, 0.2) is 18.3 Å². The average Bonchev–Trinajstić information content (AvgIpc) is 2.32. The van der Waals surface area contributed by atoms with Crippen molar-refractivity contribution in [2.45, 2.75) is 6.54 Å². The van der Waals surface area contributed by atoms with E-state index in [1.807, 2.05) is 18.0 Å². The van der Waals surface area contributed by atoms with E-state index < -0.39 is 0 Å². The minimum atomic E-state index is -0.0158. The molecule has 1 aromatic rings. The van der Waals surface area contributed by atoms with E-state index in [0.717, 1.165) is 5.56 Å². The second-order valence-electron chi connectivity index (χ2n) is 4.11. The number of nitrogens with two attached hydrogens (primary N) is 1. The van der Waals surface area contributed by atoms with Crippen LogP contribution in [0.4, 0.5) is 5.82 Å². The number of ether oxygens (including phenoxy) is 1. The minimum Gasteiger partial charge on any atom is -0.384 e. The molecule has 1 aromatic heterocycles. The van der Waals surface area contributed by atoms with Gasteiger partial charge in [0.15, 0.2) is 0 Å². The Morgan fingerprint density at radius 2 is 2.33 bits per heavy atom. The lowest BCUT2D eigenvalue weighted by molar-refractivity contribution is -0.122. The molecule has 0 aliphatic rings. The lowest BCUT2D eigenvalue weighted by Crippen LogP contribution is -2.36. The molecule has 0 spiro atoms. The topological polar surface area (TPSA) is 80.5 Å². The molecule has 0 saturated heterocycles. The van der Waals surface area contributed by atoms with Crippen molar-refractivity contribution in [2.75, 3.05) is 39.6 Å². The van der Waals surface area contributed by atoms with Crippen LogP contribution in [0.3, 0.4) is 0 Å². The molecule has 0 fully saturated rings. The first-order valence-electron chi connectivity index (χ1n) is 5.76. The summed E-state index contributed by atoms with van der Waals surface area (Å²) in [6.45, 7) is 2.06. The third-order valence-electron chi connectivity index (χ3n) is 2.34. The molecule has 0 atom stereocenters. The monoisotopic (exact) mass is 252 g/mol. The molecule has 0 radical (unpaired) electrons. The lowest BCUT2D eigenvalue weighted by atomic mass is 10.2. The number of anilines is 1. The predicted octanol–water partition coefficient (Wildman–Crippen LogP) is -0.142. The van der Waals surface area contributed by atoms with Crippen molar-refractivity contribution in [3.63, 3.8) is 0 Å². The third-order valence-corrected chi connectivity index (χ3v) is 2.34. The van der Waals surface area contributed by atoms with Gasteiger partial charge in [-0.25, -0.2) is 4.98 Å². The number of pyridine rings is 1. The van der Waals surface area contributed by atoms with Crippen LogP contribution >= 0.6 is 0 Å². The molecule has 0 aliphatic heterocycles. The minimum absolute atomic E-state index is 0.0158. The number of aromatic nitrogens is 1. The summed E-state index contributed by atoms with van der Waals surface area (Å²) < 4.78 is 4.86. The van der Waals surface area contributed by atoms with Gasteiger partial charge >= 0.3 is 0 Å². The fourth-order valence-electron chi connectivity index (χ4n) is 1.49. The maximum absolute atomic E-state index is 11.5. The number of carbonyl (C=O) groups excluding carboxylic acids is 1. The Morgan fingerprint density at radius 1 is 1.56 bits per heavy atom. The number of rotatable bonds is 7. The van der Waals surface area contributed by atoms with Gasteiger partial charge in [0.1, 0.15) is 5.82 Å². The van der Waals surface area contributed by atoms with Gasteiger partial charge in [-0.15, -0.1) is 0 Å². The number of nitrogens with zero attached hydrogens (tertiary/aromatic N) is 2. The Morgan fingerprint density at radius 3 is 2.94 bits per heavy atom. The number of carbonyl (C=O) groups is 1. The molecule has 3 N–H and O–H groups in total. The largest absolute Gasteiger partial charge is 0.384 e. The summed E-state index contributed by atoms with van der Waals surface area (Å²) in [5.41, 5.74) is 6.53. The standard InChI is InChI=1S/C12H20N4O2/c1-16(9-12(17)14-5-6-18-2)8-10-3-4-11(13)15-7-10/h3-4,7H,5-6,8-9H2,1-2H3,(H2,13,15)(H,14,17). The van der Waals surface area contributed by atoms with E-state index in [9.17, 15) is 4.79 Å². The molecule has 0 saturated carbocycles. The molecule has 18 heavy (non-hydrogen) atoms. The van der Waals surface area contributed by atoms with Gasteiger partial charge in [-0.3, -0.25) is 9.69 Å². The maximum Gasteiger partial charge on any atom is 0.234 e. The van der Waals surface area contributed by atoms with Gasteiger partial charge in [-0.05, 0) is 18.7 Å². The number of nitrogens with one attached hydrogen (secondary N) is 1. The predicted molar refractivity (Wildman–Crippen MR) is 69.9 cm³/mol. The van der Waals surface area contributed by atoms with Crippen molar-refractivity contribution in [3.8, 4) is 0 Å². The molecule has 0 aromatic carbocycles. The highest BCUT2D eigenvalue weighted by molar-refractivity contribution is 5.77. The second-order valence-corrected chi connectivity index (χ2v) is 4.11. The molecule has 0 unspecified atom stereocenters. The third kappa shape index (κ3) is 5.60. The van der Waals surface area contributed by atoms with Crippen molar-refractivity contribution in [1.29, 1.82) is 0 Å². The van der Waals surface area contributed by atoms with Crippen LogP contribution in [0, 0.1) is 0 Å². The highest BCUT2D eigenvalue weighted by atomic mass is 16.5. The molecule has 1 amide bonds. The van der Waals surface area contributed by atoms with Crippen LogP contribution in [-0.2, 0) is 16.1 Å². The van der Waals surface area contributed by atoms with Crippen molar-refractivity contribution < 1.29 is 9.53 Å². The van der Waals surface area contributed by atoms with Crippen LogP contribution in [0.1, 0.15) is 5.56 Å². The molecule has 0 aliphatic carbocycles. The lowest BCUT2D eigenvalue weighted by Gasteiger charge is -2.16. The van der Waals surface area contributed by atoms with Crippen molar-refractivity contribution in [1.82, 2.24) is 15.2 Å². The summed E-state index contributed by atoms with van der Waals surface area (Å²) >= 11 is 0. The zero-order valence-corrected chi connectivity index (χ0v) is 10.8. The van der Waals surface area contributed by atoms with Gasteiger partial charge in [0, 0.05) is 26.4 Å². The molecule has 6 heteroatoms. The summed E-state index contributed by atoms with van der Waals surface area (Å²) in [6, 6.07) is 3.66. The fraction of sp³-hybridized carbons (Fsp3) is 0.500. The summed E-state index contributed by atoms with van der Waals surface area (Å²) in [5, 5.41) is 2.77. The Hall–Kier alpha value is -1.66. The summed E-state index contributed by atoms with van der Waals surface area (Å²) in [5.74, 6) is 0.483. The van der Waals surface area contributed by atoms with Crippen LogP contribution in [0.5, 0.6) is 0 Å². The average molecular weight is 252 g/mol. The quantitative estimate of drug-likeness (QED) is 0.660. The second kappa shape index (κ2) is 7.62. The molecule has 100 valence electrons. The van der Waals surface area contributed by atoms with Crippen LogP contribution in [0.25, 0.3) is 0 Å². The van der Waals surface area contributed by atoms with E-state index >= 15 is 0 Å². The van der Waals surface area contributed by atoms with E-state index in [2.05, 4.69) is 10.3 Å². The van der Waals surface area contributed by atoms with E-state index in [1.54, 1.807) is 19.4 Å². The molecule has 0 bridgehead atoms. The number of hydrogen-bond donors (Lipinski definition) is 2. The van der Waals surface area contributed by atoms with Gasteiger partial charge in [0.2, 0.25) is 5.91 Å². The van der Waals surface area contributed by atoms with Crippen LogP contribution < -0.4 is 11.1 Å². The summed E-state index contributed by atoms with van der Waals surface area (Å²) in [4.78, 5) is 17.4. The molecule has 1 rings (SSSR count). The highest BCUT2D eigenvalue weighted by Gasteiger charge is 2.06. The first-order valence-corrected chi connectivity index (χ1v) is 5.76. The fourth-order valence-corrected chi connectivity index (χ4v) is 1.49. The SMILES string of the molecule is COCCNC(=O)CN(C)Cc1ccc(N)nc1. The normalized spacial score (nSPS) is 10.6. The van der Waals surface area contributed by atoms with E-state index in [1.165, 1.54) is 0 Å². The number of amides is 1. The van der Waals surface area contributed by atoms with E-state index in [0.29, 0.717) is 32.1 Å². The molecule has 6 nitrogen and oxygen atoms in total. The van der Waals surface area contributed by atoms with Gasteiger partial charge in [-0.1, -0.05) is 6.07 Å². The highest BCUT2D eigenvalue weighted by Crippen LogP contribution is 2.03. The molecule has 1 heterocycles. The molecular weight excluding hydrogens is 232 g/mol. The van der Waals surface area contributed by atoms with Crippen molar-refractivity contribution in [2.24, 2.45) is 0 Å². The zero-order chi connectivity index (χ0) is 13.4. The van der Waals surface area contributed by atoms with Gasteiger partial charge in [-0.2, -0.15) is 0 Å². The van der Waals surface area contributed by atoms with E-state index in [4.69, 9.17) is 10.5 Å². The van der Waals surface area contributed by atoms with E-state index in [-0.39, 0.29) is 5.91 Å². The number of methoxy groups -OCH3 is 1. The Balaban J connectivity index is 2.30. The summed E-state index contributed by atoms with van der Waals surface area (Å²) in [7, 11) is 3.48. The van der Waals surface area contributed by atoms with Gasteiger partial charge in [0.25, 0.3) is 0 Å². The van der Waals surface area contributed by atoms with Crippen molar-refractivity contribution in [3.05, 3.63) is 23.9 Å². The van der Waals surface area contributed by atoms with Crippen LogP contribution in [-0.4, -0.2) is 49.6 Å². The van der Waals surface area contributed by atoms with Gasteiger partial charge < -0.3 is 15.8 Å². The number of hydrogen-bond acceptors (Lipinski definition) is 5. The smallest absolute Gasteiger partial charge is 0.234 e. The number of nitrogen functional groups attached to an aromatic ring is 1. The Bertz CT molecular complexity index is 367.